The summed E-state index contributed by atoms with van der Waals surface area (Å²) in [4.78, 5) is 14.4. The molecule has 20 heavy (non-hydrogen) atoms. The summed E-state index contributed by atoms with van der Waals surface area (Å²) in [6.45, 7) is 8.56. The van der Waals surface area contributed by atoms with Gasteiger partial charge >= 0.3 is 0 Å². The summed E-state index contributed by atoms with van der Waals surface area (Å²) >= 11 is 0. The first kappa shape index (κ1) is 15.0. The third-order valence-corrected chi connectivity index (χ3v) is 4.01. The van der Waals surface area contributed by atoms with Crippen LogP contribution in [0.4, 0.5) is 0 Å². The van der Waals surface area contributed by atoms with Crippen molar-refractivity contribution in [2.45, 2.75) is 33.1 Å². The summed E-state index contributed by atoms with van der Waals surface area (Å²) in [5.74, 6) is 1.01. The van der Waals surface area contributed by atoms with Crippen molar-refractivity contribution in [3.05, 3.63) is 35.9 Å². The molecule has 3 nitrogen and oxygen atoms in total. The van der Waals surface area contributed by atoms with Gasteiger partial charge in [-0.2, -0.15) is 0 Å². The van der Waals surface area contributed by atoms with E-state index < -0.39 is 0 Å². The number of nitrogens with zero attached hydrogens (tertiary/aromatic N) is 1. The number of benzene rings is 1. The normalized spacial score (nSPS) is 23.1. The number of nitrogens with two attached hydrogens (primary N) is 1. The number of rotatable bonds is 3. The Morgan fingerprint density at radius 1 is 1.25 bits per heavy atom. The van der Waals surface area contributed by atoms with Crippen LogP contribution < -0.4 is 5.73 Å². The molecule has 1 amide bonds. The molecule has 110 valence electrons. The van der Waals surface area contributed by atoms with E-state index in [1.54, 1.807) is 0 Å². The van der Waals surface area contributed by atoms with E-state index in [-0.39, 0.29) is 11.3 Å². The summed E-state index contributed by atoms with van der Waals surface area (Å²) in [5, 5.41) is 0. The lowest BCUT2D eigenvalue weighted by Gasteiger charge is -2.23. The molecule has 2 N–H and O–H groups in total. The molecule has 3 heteroatoms. The molecule has 1 aliphatic heterocycles. The van der Waals surface area contributed by atoms with Crippen LogP contribution >= 0.6 is 0 Å². The molecule has 2 rings (SSSR count). The Morgan fingerprint density at radius 2 is 1.90 bits per heavy atom. The SMILES string of the molecule is CC(C)(C)CC(=O)N1C[C@@H](CN)[C@H](c2ccccc2)C1. The van der Waals surface area contributed by atoms with E-state index in [0.717, 1.165) is 13.1 Å². The number of hydrogen-bond donors (Lipinski definition) is 1. The predicted octanol–water partition coefficient (Wildman–Crippen LogP) is 2.62. The quantitative estimate of drug-likeness (QED) is 0.921. The molecule has 0 aliphatic carbocycles. The molecule has 0 aromatic heterocycles. The van der Waals surface area contributed by atoms with E-state index in [9.17, 15) is 4.79 Å². The molecular formula is C17H26N2O. The second-order valence-electron chi connectivity index (χ2n) is 7.05. The monoisotopic (exact) mass is 274 g/mol. The van der Waals surface area contributed by atoms with Crippen LogP contribution in [0.3, 0.4) is 0 Å². The van der Waals surface area contributed by atoms with Crippen molar-refractivity contribution in [1.82, 2.24) is 4.90 Å². The van der Waals surface area contributed by atoms with Crippen LogP contribution in [0.2, 0.25) is 0 Å². The van der Waals surface area contributed by atoms with Gasteiger partial charge in [0.05, 0.1) is 0 Å². The Hall–Kier alpha value is -1.35. The zero-order valence-electron chi connectivity index (χ0n) is 12.8. The van der Waals surface area contributed by atoms with Crippen molar-refractivity contribution < 1.29 is 4.79 Å². The molecule has 1 fully saturated rings. The molecule has 1 aromatic rings. The fraction of sp³-hybridized carbons (Fsp3) is 0.588. The highest BCUT2D eigenvalue weighted by Crippen LogP contribution is 2.33. The van der Waals surface area contributed by atoms with Gasteiger partial charge in [-0.15, -0.1) is 0 Å². The topological polar surface area (TPSA) is 46.3 Å². The smallest absolute Gasteiger partial charge is 0.223 e. The Labute approximate surface area is 122 Å². The van der Waals surface area contributed by atoms with Crippen molar-refractivity contribution in [2.75, 3.05) is 19.6 Å². The van der Waals surface area contributed by atoms with Crippen LogP contribution in [0.1, 0.15) is 38.7 Å². The van der Waals surface area contributed by atoms with Crippen LogP contribution in [0, 0.1) is 11.3 Å². The lowest BCUT2D eigenvalue weighted by molar-refractivity contribution is -0.132. The van der Waals surface area contributed by atoms with Gasteiger partial charge in [0.25, 0.3) is 0 Å². The zero-order valence-corrected chi connectivity index (χ0v) is 12.8. The summed E-state index contributed by atoms with van der Waals surface area (Å²) in [6, 6.07) is 10.4. The maximum atomic E-state index is 12.4. The minimum atomic E-state index is 0.0418. The van der Waals surface area contributed by atoms with Crippen LogP contribution in [0.15, 0.2) is 30.3 Å². The van der Waals surface area contributed by atoms with E-state index in [1.165, 1.54) is 5.56 Å². The fourth-order valence-corrected chi connectivity index (χ4v) is 2.96. The lowest BCUT2D eigenvalue weighted by Crippen LogP contribution is -2.32. The summed E-state index contributed by atoms with van der Waals surface area (Å²) in [7, 11) is 0. The number of hydrogen-bond acceptors (Lipinski definition) is 2. The van der Waals surface area contributed by atoms with Crippen molar-refractivity contribution in [1.29, 1.82) is 0 Å². The molecule has 1 saturated heterocycles. The molecule has 0 spiro atoms. The number of likely N-dealkylation sites (tertiary alicyclic amines) is 1. The summed E-state index contributed by atoms with van der Waals surface area (Å²) in [6.07, 6.45) is 0.603. The summed E-state index contributed by atoms with van der Waals surface area (Å²) in [5.41, 5.74) is 7.25. The molecule has 0 saturated carbocycles. The summed E-state index contributed by atoms with van der Waals surface area (Å²) < 4.78 is 0. The van der Waals surface area contributed by atoms with Gasteiger partial charge < -0.3 is 10.6 Å². The zero-order chi connectivity index (χ0) is 14.8. The highest BCUT2D eigenvalue weighted by Gasteiger charge is 2.35. The first-order valence-corrected chi connectivity index (χ1v) is 7.43. The largest absolute Gasteiger partial charge is 0.342 e. The van der Waals surface area contributed by atoms with Crippen molar-refractivity contribution in [3.8, 4) is 0 Å². The third kappa shape index (κ3) is 3.60. The molecule has 1 aromatic carbocycles. The van der Waals surface area contributed by atoms with Gasteiger partial charge in [0, 0.05) is 25.4 Å². The molecule has 1 aliphatic rings. The first-order chi connectivity index (χ1) is 9.40. The Balaban J connectivity index is 2.08. The number of amides is 1. The predicted molar refractivity (Wildman–Crippen MR) is 82.4 cm³/mol. The van der Waals surface area contributed by atoms with Crippen molar-refractivity contribution >= 4 is 5.91 Å². The van der Waals surface area contributed by atoms with Crippen LogP contribution in [0.25, 0.3) is 0 Å². The van der Waals surface area contributed by atoms with E-state index >= 15 is 0 Å². The fourth-order valence-electron chi connectivity index (χ4n) is 2.96. The number of carbonyl (C=O) groups is 1. The highest BCUT2D eigenvalue weighted by atomic mass is 16.2. The highest BCUT2D eigenvalue weighted by molar-refractivity contribution is 5.77. The lowest BCUT2D eigenvalue weighted by atomic mass is 9.89. The molecular weight excluding hydrogens is 248 g/mol. The number of carbonyl (C=O) groups excluding carboxylic acids is 1. The molecule has 0 radical (unpaired) electrons. The maximum Gasteiger partial charge on any atom is 0.223 e. The maximum absolute atomic E-state index is 12.4. The van der Waals surface area contributed by atoms with E-state index in [1.807, 2.05) is 11.0 Å². The van der Waals surface area contributed by atoms with Gasteiger partial charge in [-0.1, -0.05) is 51.1 Å². The van der Waals surface area contributed by atoms with Crippen LogP contribution in [0.5, 0.6) is 0 Å². The van der Waals surface area contributed by atoms with Crippen molar-refractivity contribution in [3.63, 3.8) is 0 Å². The van der Waals surface area contributed by atoms with Gasteiger partial charge in [0.15, 0.2) is 0 Å². The molecule has 0 unspecified atom stereocenters. The van der Waals surface area contributed by atoms with Gasteiger partial charge in [0.2, 0.25) is 5.91 Å². The van der Waals surface area contributed by atoms with Gasteiger partial charge in [-0.05, 0) is 23.4 Å². The Morgan fingerprint density at radius 3 is 2.45 bits per heavy atom. The van der Waals surface area contributed by atoms with E-state index in [0.29, 0.717) is 24.8 Å². The van der Waals surface area contributed by atoms with Gasteiger partial charge in [-0.25, -0.2) is 0 Å². The average molecular weight is 274 g/mol. The van der Waals surface area contributed by atoms with Crippen LogP contribution in [-0.4, -0.2) is 30.4 Å². The Kier molecular flexibility index (Phi) is 4.48. The minimum absolute atomic E-state index is 0.0418. The van der Waals surface area contributed by atoms with Crippen molar-refractivity contribution in [2.24, 2.45) is 17.1 Å². The van der Waals surface area contributed by atoms with E-state index in [2.05, 4.69) is 45.0 Å². The minimum Gasteiger partial charge on any atom is -0.342 e. The standard InChI is InChI=1S/C17H26N2O/c1-17(2,3)9-16(20)19-11-14(10-18)15(12-19)13-7-5-4-6-8-13/h4-8,14-15H,9-12,18H2,1-3H3/t14-,15+/m1/s1. The average Bonchev–Trinajstić information content (AvgIpc) is 2.82. The van der Waals surface area contributed by atoms with Crippen LogP contribution in [-0.2, 0) is 4.79 Å². The Bertz CT molecular complexity index is 450. The van der Waals surface area contributed by atoms with E-state index in [4.69, 9.17) is 5.73 Å². The first-order valence-electron chi connectivity index (χ1n) is 7.43. The molecule has 2 atom stereocenters. The third-order valence-electron chi connectivity index (χ3n) is 4.01. The second kappa shape index (κ2) is 5.96. The molecule has 1 heterocycles. The second-order valence-corrected chi connectivity index (χ2v) is 7.05. The molecule has 0 bridgehead atoms. The van der Waals surface area contributed by atoms with Gasteiger partial charge in [0.1, 0.15) is 0 Å². The van der Waals surface area contributed by atoms with Gasteiger partial charge in [-0.3, -0.25) is 4.79 Å².